The number of fused-ring (bicyclic) bond motifs is 1. The SMILES string of the molecule is Cc1ccccc1NC(C(=O)C(Oc1ccc(C(=O)O)cc1)(N(C)C)N1CCCC1)c1ccc2ncoc2c1. The molecule has 9 nitrogen and oxygen atoms in total. The number of carboxylic acid groups (broad SMARTS) is 1. The number of oxazole rings is 1. The molecule has 1 saturated heterocycles. The number of carboxylic acids is 1. The molecule has 9 heteroatoms. The summed E-state index contributed by atoms with van der Waals surface area (Å²) in [5.41, 5.74) is 3.96. The minimum Gasteiger partial charge on any atom is -0.478 e. The molecule has 0 radical (unpaired) electrons. The van der Waals surface area contributed by atoms with Crippen LogP contribution in [0.3, 0.4) is 0 Å². The predicted molar refractivity (Wildman–Crippen MR) is 148 cm³/mol. The van der Waals surface area contributed by atoms with Crippen molar-refractivity contribution in [2.24, 2.45) is 0 Å². The molecule has 1 aliphatic rings. The summed E-state index contributed by atoms with van der Waals surface area (Å²) in [6, 6.07) is 18.7. The van der Waals surface area contributed by atoms with Gasteiger partial charge in [0.15, 0.2) is 12.0 Å². The van der Waals surface area contributed by atoms with Crippen LogP contribution in [0.15, 0.2) is 77.5 Å². The topological polar surface area (TPSA) is 108 Å². The van der Waals surface area contributed by atoms with Crippen LogP contribution in [0.1, 0.15) is 40.4 Å². The molecule has 0 spiro atoms. The molecule has 0 bridgehead atoms. The zero-order valence-electron chi connectivity index (χ0n) is 22.3. The van der Waals surface area contributed by atoms with Crippen LogP contribution in [0.25, 0.3) is 11.1 Å². The zero-order valence-corrected chi connectivity index (χ0v) is 22.3. The Bertz CT molecular complexity index is 1480. The van der Waals surface area contributed by atoms with Crippen LogP contribution in [0.2, 0.25) is 0 Å². The standard InChI is InChI=1S/C30H32N4O5/c1-20-8-4-5-9-24(20)32-27(22-12-15-25-26(18-22)38-19-31-25)28(35)30(33(2)3,34-16-6-7-17-34)39-23-13-10-21(11-14-23)29(36)37/h4-5,8-15,18-19,27,32H,6-7,16-17H2,1-3H3,(H,36,37). The molecule has 202 valence electrons. The lowest BCUT2D eigenvalue weighted by atomic mass is 9.96. The number of ether oxygens (including phenoxy) is 1. The summed E-state index contributed by atoms with van der Waals surface area (Å²) in [6.07, 6.45) is 3.26. The van der Waals surface area contributed by atoms with Crippen molar-refractivity contribution >= 4 is 28.5 Å². The van der Waals surface area contributed by atoms with Crippen molar-refractivity contribution in [3.05, 3.63) is 89.8 Å². The summed E-state index contributed by atoms with van der Waals surface area (Å²) in [6.45, 7) is 3.34. The number of ketones is 1. The fourth-order valence-electron chi connectivity index (χ4n) is 5.15. The Hall–Kier alpha value is -4.21. The van der Waals surface area contributed by atoms with E-state index in [9.17, 15) is 14.7 Å². The molecule has 1 aromatic heterocycles. The van der Waals surface area contributed by atoms with Crippen molar-refractivity contribution in [3.63, 3.8) is 0 Å². The van der Waals surface area contributed by atoms with Gasteiger partial charge in [0, 0.05) is 18.8 Å². The first-order chi connectivity index (χ1) is 18.8. The minimum absolute atomic E-state index is 0.143. The summed E-state index contributed by atoms with van der Waals surface area (Å²) in [4.78, 5) is 34.4. The van der Waals surface area contributed by atoms with Gasteiger partial charge < -0.3 is 19.6 Å². The summed E-state index contributed by atoms with van der Waals surface area (Å²) in [5.74, 6) is -2.31. The van der Waals surface area contributed by atoms with Crippen LogP contribution in [-0.2, 0) is 4.79 Å². The third-order valence-corrected chi connectivity index (χ3v) is 7.22. The summed E-state index contributed by atoms with van der Waals surface area (Å²) in [7, 11) is 3.65. The fraction of sp³-hybridized carbons (Fsp3) is 0.300. The molecular weight excluding hydrogens is 496 g/mol. The second-order valence-corrected chi connectivity index (χ2v) is 9.96. The number of aromatic carboxylic acids is 1. The van der Waals surface area contributed by atoms with Crippen molar-refractivity contribution in [1.29, 1.82) is 0 Å². The normalized spacial score (nSPS) is 16.2. The van der Waals surface area contributed by atoms with Crippen molar-refractivity contribution in [3.8, 4) is 5.75 Å². The highest BCUT2D eigenvalue weighted by molar-refractivity contribution is 5.95. The van der Waals surface area contributed by atoms with Crippen molar-refractivity contribution in [2.45, 2.75) is 31.7 Å². The van der Waals surface area contributed by atoms with Crippen LogP contribution in [0.5, 0.6) is 5.75 Å². The number of likely N-dealkylation sites (N-methyl/N-ethyl adjacent to an activating group) is 1. The van der Waals surface area contributed by atoms with Crippen molar-refractivity contribution in [2.75, 3.05) is 32.5 Å². The minimum atomic E-state index is -1.47. The maximum atomic E-state index is 15.0. The molecule has 1 fully saturated rings. The number of aromatic nitrogens is 1. The molecule has 5 rings (SSSR count). The van der Waals surface area contributed by atoms with Gasteiger partial charge in [0.05, 0.1) is 5.56 Å². The molecule has 2 unspecified atom stereocenters. The van der Waals surface area contributed by atoms with Crippen LogP contribution < -0.4 is 10.1 Å². The largest absolute Gasteiger partial charge is 0.478 e. The number of hydrogen-bond donors (Lipinski definition) is 2. The van der Waals surface area contributed by atoms with Gasteiger partial charge in [-0.25, -0.2) is 14.7 Å². The first-order valence-corrected chi connectivity index (χ1v) is 12.9. The molecular formula is C30H32N4O5. The number of Topliss-reactive ketones (excluding diaryl/α,β-unsaturated/α-hetero) is 1. The van der Waals surface area contributed by atoms with Crippen LogP contribution in [-0.4, -0.2) is 64.7 Å². The van der Waals surface area contributed by atoms with Crippen molar-refractivity contribution in [1.82, 2.24) is 14.8 Å². The maximum absolute atomic E-state index is 15.0. The first kappa shape index (κ1) is 26.4. The molecule has 1 aliphatic heterocycles. The number of benzene rings is 3. The molecule has 2 heterocycles. The van der Waals surface area contributed by atoms with E-state index in [0.717, 1.165) is 24.1 Å². The lowest BCUT2D eigenvalue weighted by Gasteiger charge is -2.46. The summed E-state index contributed by atoms with van der Waals surface area (Å²) < 4.78 is 12.2. The average Bonchev–Trinajstić information content (AvgIpc) is 3.63. The Balaban J connectivity index is 1.63. The van der Waals surface area contributed by atoms with Gasteiger partial charge in [0.1, 0.15) is 17.3 Å². The highest BCUT2D eigenvalue weighted by Gasteiger charge is 2.53. The highest BCUT2D eigenvalue weighted by atomic mass is 16.5. The summed E-state index contributed by atoms with van der Waals surface area (Å²) >= 11 is 0. The van der Waals surface area contributed by atoms with Gasteiger partial charge in [-0.2, -0.15) is 0 Å². The van der Waals surface area contributed by atoms with Gasteiger partial charge in [0.2, 0.25) is 5.78 Å². The lowest BCUT2D eigenvalue weighted by molar-refractivity contribution is -0.188. The number of anilines is 1. The average molecular weight is 529 g/mol. The van der Waals surface area contributed by atoms with Gasteiger partial charge in [-0.1, -0.05) is 24.3 Å². The second kappa shape index (κ2) is 10.9. The predicted octanol–water partition coefficient (Wildman–Crippen LogP) is 4.95. The number of carbonyl (C=O) groups is 2. The fourth-order valence-corrected chi connectivity index (χ4v) is 5.15. The molecule has 3 aromatic carbocycles. The Labute approximate surface area is 227 Å². The number of para-hydroxylation sites is 1. The number of carbonyl (C=O) groups excluding carboxylic acids is 1. The van der Waals surface area contributed by atoms with Crippen molar-refractivity contribution < 1.29 is 23.8 Å². The van der Waals surface area contributed by atoms with Gasteiger partial charge in [-0.15, -0.1) is 0 Å². The second-order valence-electron chi connectivity index (χ2n) is 9.96. The van der Waals surface area contributed by atoms with E-state index >= 15 is 0 Å². The number of rotatable bonds is 10. The van der Waals surface area contributed by atoms with Crippen LogP contribution in [0.4, 0.5) is 5.69 Å². The highest BCUT2D eigenvalue weighted by Crippen LogP contribution is 2.36. The number of hydrogen-bond acceptors (Lipinski definition) is 8. The number of nitrogens with one attached hydrogen (secondary N) is 1. The van der Waals surface area contributed by atoms with E-state index in [4.69, 9.17) is 9.15 Å². The zero-order chi connectivity index (χ0) is 27.6. The Morgan fingerprint density at radius 1 is 1.08 bits per heavy atom. The van der Waals surface area contributed by atoms with E-state index in [1.807, 2.05) is 63.5 Å². The van der Waals surface area contributed by atoms with Crippen LogP contribution >= 0.6 is 0 Å². The molecule has 4 aromatic rings. The van der Waals surface area contributed by atoms with Gasteiger partial charge in [-0.3, -0.25) is 9.69 Å². The van der Waals surface area contributed by atoms with E-state index in [2.05, 4.69) is 15.2 Å². The Morgan fingerprint density at radius 2 is 1.79 bits per heavy atom. The third-order valence-electron chi connectivity index (χ3n) is 7.22. The third kappa shape index (κ3) is 5.10. The van der Waals surface area contributed by atoms with Gasteiger partial charge in [0.25, 0.3) is 5.85 Å². The summed E-state index contributed by atoms with van der Waals surface area (Å²) in [5, 5.41) is 12.8. The van der Waals surface area contributed by atoms with E-state index in [1.54, 1.807) is 17.0 Å². The quantitative estimate of drug-likeness (QED) is 0.277. The molecule has 0 saturated carbocycles. The Morgan fingerprint density at radius 3 is 2.46 bits per heavy atom. The van der Waals surface area contributed by atoms with E-state index in [1.165, 1.54) is 18.5 Å². The number of likely N-dealkylation sites (tertiary alicyclic amines) is 1. The first-order valence-electron chi connectivity index (χ1n) is 12.9. The van der Waals surface area contributed by atoms with E-state index < -0.39 is 17.9 Å². The van der Waals surface area contributed by atoms with E-state index in [0.29, 0.717) is 35.5 Å². The van der Waals surface area contributed by atoms with Crippen LogP contribution in [0, 0.1) is 6.92 Å². The van der Waals surface area contributed by atoms with E-state index in [-0.39, 0.29) is 11.3 Å². The lowest BCUT2D eigenvalue weighted by Crippen LogP contribution is -2.68. The number of aryl methyl sites for hydroxylation is 1. The molecule has 0 amide bonds. The monoisotopic (exact) mass is 528 g/mol. The molecule has 0 aliphatic carbocycles. The smallest absolute Gasteiger partial charge is 0.335 e. The molecule has 39 heavy (non-hydrogen) atoms. The maximum Gasteiger partial charge on any atom is 0.335 e. The number of nitrogens with zero attached hydrogens (tertiary/aromatic N) is 3. The Kier molecular flexibility index (Phi) is 7.36. The molecule has 2 N–H and O–H groups in total. The van der Waals surface area contributed by atoms with Gasteiger partial charge >= 0.3 is 5.97 Å². The van der Waals surface area contributed by atoms with Gasteiger partial charge in [-0.05, 0) is 87.5 Å². The molecule has 2 atom stereocenters.